The quantitative estimate of drug-likeness (QED) is 0.487. The number of likely N-dealkylation sites (tertiary alicyclic amines) is 1. The van der Waals surface area contributed by atoms with Gasteiger partial charge in [-0.15, -0.1) is 0 Å². The molecule has 2 aromatic rings. The van der Waals surface area contributed by atoms with Crippen LogP contribution in [-0.4, -0.2) is 88.3 Å². The molecule has 1 unspecified atom stereocenters. The molecule has 3 aliphatic rings. The summed E-state index contributed by atoms with van der Waals surface area (Å²) >= 11 is 0. The lowest BCUT2D eigenvalue weighted by molar-refractivity contribution is -0.150. The predicted molar refractivity (Wildman–Crippen MR) is 145 cm³/mol. The van der Waals surface area contributed by atoms with E-state index in [0.717, 1.165) is 38.2 Å². The van der Waals surface area contributed by atoms with Crippen molar-refractivity contribution >= 4 is 17.9 Å². The van der Waals surface area contributed by atoms with Crippen molar-refractivity contribution in [2.24, 2.45) is 17.6 Å². The maximum Gasteiger partial charge on any atom is 0.324 e. The van der Waals surface area contributed by atoms with Crippen LogP contribution in [0, 0.1) is 11.8 Å². The zero-order valence-electron chi connectivity index (χ0n) is 23.5. The van der Waals surface area contributed by atoms with E-state index in [1.165, 1.54) is 4.90 Å². The minimum absolute atomic E-state index is 0.157. The molecule has 3 atom stereocenters. The summed E-state index contributed by atoms with van der Waals surface area (Å²) in [4.78, 5) is 30.9. The highest BCUT2D eigenvalue weighted by Crippen LogP contribution is 2.32. The first kappa shape index (κ1) is 28.4. The third kappa shape index (κ3) is 6.45. The minimum atomic E-state index is -2.88. The van der Waals surface area contributed by atoms with Crippen LogP contribution < -0.4 is 20.3 Å². The standard InChI is InChI=1S/C27H40F2N8O3/c1-17(2)24-33-26(40-34-24)35-9-5-19(6-10-35)18(3)7-11-39-20-12-31-25(32-13-20)36-14-21(30)22(15-36)37-16-27(28,29)8-4-23(37)38/h12-13,17-19,21-22H,4-11,14-16,30H2,1-3H3/t18-,21+,22?/m1/s1. The van der Waals surface area contributed by atoms with Gasteiger partial charge < -0.3 is 29.7 Å². The van der Waals surface area contributed by atoms with Crippen LogP contribution in [0.1, 0.15) is 64.6 Å². The number of nitrogens with zero attached hydrogens (tertiary/aromatic N) is 7. The molecule has 5 heterocycles. The van der Waals surface area contributed by atoms with Gasteiger partial charge in [0, 0.05) is 51.0 Å². The molecule has 1 amide bonds. The van der Waals surface area contributed by atoms with Crippen LogP contribution >= 0.6 is 0 Å². The molecule has 0 aliphatic carbocycles. The third-order valence-corrected chi connectivity index (χ3v) is 8.46. The molecule has 5 rings (SSSR count). The first-order chi connectivity index (χ1) is 19.1. The molecule has 13 heteroatoms. The number of anilines is 2. The van der Waals surface area contributed by atoms with Crippen LogP contribution in [0.4, 0.5) is 20.7 Å². The molecular formula is C27H40F2N8O3. The summed E-state index contributed by atoms with van der Waals surface area (Å²) in [7, 11) is 0. The molecule has 3 aliphatic heterocycles. The van der Waals surface area contributed by atoms with Crippen LogP contribution in [0.3, 0.4) is 0 Å². The van der Waals surface area contributed by atoms with E-state index < -0.39 is 31.0 Å². The highest BCUT2D eigenvalue weighted by Gasteiger charge is 2.45. The highest BCUT2D eigenvalue weighted by molar-refractivity contribution is 5.78. The van der Waals surface area contributed by atoms with E-state index >= 15 is 0 Å². The average molecular weight is 563 g/mol. The highest BCUT2D eigenvalue weighted by atomic mass is 19.3. The van der Waals surface area contributed by atoms with Crippen LogP contribution in [0.25, 0.3) is 0 Å². The van der Waals surface area contributed by atoms with Crippen molar-refractivity contribution in [2.75, 3.05) is 49.1 Å². The van der Waals surface area contributed by atoms with E-state index in [9.17, 15) is 13.6 Å². The molecule has 0 saturated carbocycles. The number of hydrogen-bond donors (Lipinski definition) is 1. The number of carbonyl (C=O) groups excluding carboxylic acids is 1. The maximum atomic E-state index is 13.9. The van der Waals surface area contributed by atoms with Crippen molar-refractivity contribution in [1.82, 2.24) is 25.0 Å². The van der Waals surface area contributed by atoms with E-state index in [1.54, 1.807) is 12.4 Å². The number of rotatable bonds is 9. The first-order valence-electron chi connectivity index (χ1n) is 14.3. The Labute approximate surface area is 233 Å². The second-order valence-corrected chi connectivity index (χ2v) is 11.8. The van der Waals surface area contributed by atoms with Crippen LogP contribution in [0.15, 0.2) is 16.9 Å². The van der Waals surface area contributed by atoms with Gasteiger partial charge in [-0.25, -0.2) is 18.7 Å². The van der Waals surface area contributed by atoms with E-state index in [1.807, 2.05) is 4.90 Å². The zero-order chi connectivity index (χ0) is 28.4. The summed E-state index contributed by atoms with van der Waals surface area (Å²) in [6.45, 7) is 8.87. The second kappa shape index (κ2) is 11.8. The van der Waals surface area contributed by atoms with E-state index in [2.05, 4.69) is 45.8 Å². The molecule has 2 aromatic heterocycles. The molecule has 3 saturated heterocycles. The number of alkyl halides is 2. The van der Waals surface area contributed by atoms with E-state index in [4.69, 9.17) is 15.0 Å². The van der Waals surface area contributed by atoms with E-state index in [0.29, 0.717) is 49.2 Å². The Hall–Kier alpha value is -3.09. The minimum Gasteiger partial charge on any atom is -0.490 e. The summed E-state index contributed by atoms with van der Waals surface area (Å²) in [5.41, 5.74) is 6.25. The summed E-state index contributed by atoms with van der Waals surface area (Å²) < 4.78 is 39.2. The van der Waals surface area contributed by atoms with Gasteiger partial charge in [0.2, 0.25) is 11.9 Å². The molecule has 0 radical (unpaired) electrons. The second-order valence-electron chi connectivity index (χ2n) is 11.8. The summed E-state index contributed by atoms with van der Waals surface area (Å²) in [5.74, 6) is -0.0270. The van der Waals surface area contributed by atoms with Gasteiger partial charge in [0.1, 0.15) is 0 Å². The van der Waals surface area contributed by atoms with Crippen molar-refractivity contribution in [2.45, 2.75) is 76.8 Å². The number of hydrogen-bond acceptors (Lipinski definition) is 10. The monoisotopic (exact) mass is 562 g/mol. The number of carbonyl (C=O) groups is 1. The summed E-state index contributed by atoms with van der Waals surface area (Å²) in [5, 5.41) is 4.07. The topological polar surface area (TPSA) is 127 Å². The Balaban J connectivity index is 1.05. The number of aromatic nitrogens is 4. The molecule has 0 bridgehead atoms. The predicted octanol–water partition coefficient (Wildman–Crippen LogP) is 3.08. The van der Waals surface area contributed by atoms with Crippen molar-refractivity contribution < 1.29 is 22.8 Å². The number of nitrogens with two attached hydrogens (primary N) is 1. The van der Waals surface area contributed by atoms with Gasteiger partial charge in [-0.2, -0.15) is 4.98 Å². The Bertz CT molecular complexity index is 1140. The fourth-order valence-electron chi connectivity index (χ4n) is 5.85. The van der Waals surface area contributed by atoms with Gasteiger partial charge in [-0.1, -0.05) is 25.9 Å². The van der Waals surface area contributed by atoms with Crippen molar-refractivity contribution in [3.05, 3.63) is 18.2 Å². The molecular weight excluding hydrogens is 522 g/mol. The smallest absolute Gasteiger partial charge is 0.324 e. The normalized spacial score (nSPS) is 24.7. The fraction of sp³-hybridized carbons (Fsp3) is 0.741. The zero-order valence-corrected chi connectivity index (χ0v) is 23.5. The van der Waals surface area contributed by atoms with Gasteiger partial charge in [0.15, 0.2) is 11.6 Å². The Morgan fingerprint density at radius 3 is 2.55 bits per heavy atom. The van der Waals surface area contributed by atoms with Gasteiger partial charge >= 0.3 is 6.01 Å². The van der Waals surface area contributed by atoms with Crippen molar-refractivity contribution in [1.29, 1.82) is 0 Å². The van der Waals surface area contributed by atoms with Crippen LogP contribution in [0.5, 0.6) is 5.75 Å². The van der Waals surface area contributed by atoms with Gasteiger partial charge in [0.05, 0.1) is 31.6 Å². The lowest BCUT2D eigenvalue weighted by Gasteiger charge is -2.37. The SMILES string of the molecule is CC(C)c1noc(N2CCC([C@H](C)CCOc3cnc(N4CC(N5CC(F)(F)CCC5=O)[C@@H](N)C4)nc3)CC2)n1. The molecule has 0 spiro atoms. The Kier molecular flexibility index (Phi) is 8.39. The number of halogens is 2. The molecule has 40 heavy (non-hydrogen) atoms. The Morgan fingerprint density at radius 2 is 1.88 bits per heavy atom. The van der Waals surface area contributed by atoms with Crippen molar-refractivity contribution in [3.63, 3.8) is 0 Å². The van der Waals surface area contributed by atoms with Crippen LogP contribution in [0.2, 0.25) is 0 Å². The summed E-state index contributed by atoms with van der Waals surface area (Å²) in [6.07, 6.45) is 5.74. The third-order valence-electron chi connectivity index (χ3n) is 8.46. The molecule has 11 nitrogen and oxygen atoms in total. The molecule has 3 fully saturated rings. The average Bonchev–Trinajstić information content (AvgIpc) is 3.58. The van der Waals surface area contributed by atoms with Crippen LogP contribution in [-0.2, 0) is 4.79 Å². The van der Waals surface area contributed by atoms with Crippen molar-refractivity contribution in [3.8, 4) is 5.75 Å². The lowest BCUT2D eigenvalue weighted by atomic mass is 9.84. The molecule has 2 N–H and O–H groups in total. The molecule has 0 aromatic carbocycles. The van der Waals surface area contributed by atoms with Gasteiger partial charge in [0.25, 0.3) is 5.92 Å². The Morgan fingerprint density at radius 1 is 1.15 bits per heavy atom. The lowest BCUT2D eigenvalue weighted by Crippen LogP contribution is -2.56. The van der Waals surface area contributed by atoms with Gasteiger partial charge in [-0.05, 0) is 31.1 Å². The number of ether oxygens (including phenoxy) is 1. The maximum absolute atomic E-state index is 13.9. The first-order valence-corrected chi connectivity index (χ1v) is 14.3. The van der Waals surface area contributed by atoms with E-state index in [-0.39, 0.29) is 18.2 Å². The number of amides is 1. The number of piperidine rings is 2. The molecule has 220 valence electrons. The van der Waals surface area contributed by atoms with Gasteiger partial charge in [-0.3, -0.25) is 4.79 Å². The fourth-order valence-corrected chi connectivity index (χ4v) is 5.85. The summed E-state index contributed by atoms with van der Waals surface area (Å²) in [6, 6.07) is -0.319. The largest absolute Gasteiger partial charge is 0.490 e.